The quantitative estimate of drug-likeness (QED) is 0.671. The number of amidine groups is 1. The minimum absolute atomic E-state index is 0.0246. The van der Waals surface area contributed by atoms with Crippen LogP contribution in [0.25, 0.3) is 0 Å². The first-order chi connectivity index (χ1) is 6.35. The summed E-state index contributed by atoms with van der Waals surface area (Å²) in [5.74, 6) is 1.12. The highest BCUT2D eigenvalue weighted by Crippen LogP contribution is 2.29. The molecule has 0 saturated heterocycles. The molecule has 0 spiro atoms. The van der Waals surface area contributed by atoms with Gasteiger partial charge >= 0.3 is 0 Å². The Morgan fingerprint density at radius 2 is 2.08 bits per heavy atom. The van der Waals surface area contributed by atoms with Crippen molar-refractivity contribution in [1.29, 1.82) is 0 Å². The van der Waals surface area contributed by atoms with Crippen molar-refractivity contribution in [2.24, 2.45) is 4.99 Å². The molecule has 2 rings (SSSR count). The van der Waals surface area contributed by atoms with E-state index in [1.54, 1.807) is 0 Å². The summed E-state index contributed by atoms with van der Waals surface area (Å²) in [6.07, 6.45) is 6.91. The monoisotopic (exact) mass is 182 g/mol. The second-order valence-corrected chi connectivity index (χ2v) is 4.20. The fourth-order valence-electron chi connectivity index (χ4n) is 2.32. The molecule has 3 nitrogen and oxygen atoms in total. The molecule has 3 heteroatoms. The van der Waals surface area contributed by atoms with Gasteiger partial charge in [-0.2, -0.15) is 0 Å². The summed E-state index contributed by atoms with van der Waals surface area (Å²) >= 11 is 0. The van der Waals surface area contributed by atoms with E-state index >= 15 is 0 Å². The molecule has 0 atom stereocenters. The second kappa shape index (κ2) is 3.66. The zero-order valence-corrected chi connectivity index (χ0v) is 8.05. The van der Waals surface area contributed by atoms with Gasteiger partial charge in [-0.1, -0.05) is 12.8 Å². The first-order valence-electron chi connectivity index (χ1n) is 5.27. The highest BCUT2D eigenvalue weighted by Gasteiger charge is 2.34. The molecule has 1 fully saturated rings. The topological polar surface area (TPSA) is 44.6 Å². The van der Waals surface area contributed by atoms with E-state index in [0.29, 0.717) is 0 Å². The molecular formula is C10H18N2O. The molecule has 0 aromatic rings. The van der Waals surface area contributed by atoms with E-state index in [9.17, 15) is 5.11 Å². The van der Waals surface area contributed by atoms with Crippen molar-refractivity contribution in [3.63, 3.8) is 0 Å². The molecule has 0 unspecified atom stereocenters. The van der Waals surface area contributed by atoms with Gasteiger partial charge in [0.2, 0.25) is 0 Å². The van der Waals surface area contributed by atoms with Crippen LogP contribution in [0.4, 0.5) is 0 Å². The van der Waals surface area contributed by atoms with E-state index in [1.807, 2.05) is 0 Å². The van der Waals surface area contributed by atoms with Crippen LogP contribution in [0.2, 0.25) is 0 Å². The standard InChI is InChI=1S/C10H18N2O/c13-8-10(5-1-2-6-10)12-9-4-3-7-11-9/h13H,1-8H2,(H,11,12). The minimum Gasteiger partial charge on any atom is -0.394 e. The van der Waals surface area contributed by atoms with Crippen molar-refractivity contribution in [2.45, 2.75) is 44.1 Å². The minimum atomic E-state index is -0.0246. The summed E-state index contributed by atoms with van der Waals surface area (Å²) in [7, 11) is 0. The van der Waals surface area contributed by atoms with Gasteiger partial charge in [0.05, 0.1) is 18.0 Å². The Morgan fingerprint density at radius 1 is 1.31 bits per heavy atom. The fourth-order valence-corrected chi connectivity index (χ4v) is 2.32. The Hall–Kier alpha value is -0.570. The van der Waals surface area contributed by atoms with Crippen LogP contribution >= 0.6 is 0 Å². The normalized spacial score (nSPS) is 26.1. The van der Waals surface area contributed by atoms with E-state index in [-0.39, 0.29) is 12.1 Å². The van der Waals surface area contributed by atoms with Gasteiger partial charge < -0.3 is 10.4 Å². The molecule has 0 amide bonds. The second-order valence-electron chi connectivity index (χ2n) is 4.20. The molecule has 1 aliphatic heterocycles. The Kier molecular flexibility index (Phi) is 2.54. The van der Waals surface area contributed by atoms with Crippen molar-refractivity contribution in [3.8, 4) is 0 Å². The number of aliphatic hydroxyl groups excluding tert-OH is 1. The van der Waals surface area contributed by atoms with E-state index in [1.165, 1.54) is 19.3 Å². The number of rotatable bonds is 2. The third-order valence-electron chi connectivity index (χ3n) is 3.15. The molecule has 2 aliphatic rings. The van der Waals surface area contributed by atoms with E-state index in [0.717, 1.165) is 31.6 Å². The largest absolute Gasteiger partial charge is 0.394 e. The fraction of sp³-hybridized carbons (Fsp3) is 0.900. The van der Waals surface area contributed by atoms with Crippen molar-refractivity contribution < 1.29 is 5.11 Å². The van der Waals surface area contributed by atoms with Crippen LogP contribution < -0.4 is 5.32 Å². The van der Waals surface area contributed by atoms with Crippen LogP contribution in [0.3, 0.4) is 0 Å². The van der Waals surface area contributed by atoms with E-state index in [4.69, 9.17) is 0 Å². The molecule has 0 aromatic carbocycles. The predicted molar refractivity (Wildman–Crippen MR) is 53.0 cm³/mol. The SMILES string of the molecule is OCC1(NC2=NCCC2)CCCC1. The molecule has 0 aromatic heterocycles. The molecule has 74 valence electrons. The molecule has 1 aliphatic carbocycles. The van der Waals surface area contributed by atoms with Crippen molar-refractivity contribution in [1.82, 2.24) is 5.32 Å². The van der Waals surface area contributed by atoms with E-state index < -0.39 is 0 Å². The highest BCUT2D eigenvalue weighted by molar-refractivity contribution is 5.84. The predicted octanol–water partition coefficient (Wildman–Crippen LogP) is 1.07. The lowest BCUT2D eigenvalue weighted by Gasteiger charge is -2.29. The maximum atomic E-state index is 9.36. The lowest BCUT2D eigenvalue weighted by atomic mass is 9.98. The summed E-state index contributed by atoms with van der Waals surface area (Å²) in [6.45, 7) is 1.22. The smallest absolute Gasteiger partial charge is 0.0968 e. The Balaban J connectivity index is 1.96. The summed E-state index contributed by atoms with van der Waals surface area (Å²) in [5.41, 5.74) is -0.0246. The van der Waals surface area contributed by atoms with Gasteiger partial charge in [-0.25, -0.2) is 0 Å². The Labute approximate surface area is 79.3 Å². The van der Waals surface area contributed by atoms with Crippen LogP contribution in [0.15, 0.2) is 4.99 Å². The van der Waals surface area contributed by atoms with Gasteiger partial charge in [0.1, 0.15) is 0 Å². The molecule has 13 heavy (non-hydrogen) atoms. The lowest BCUT2D eigenvalue weighted by Crippen LogP contribution is -2.48. The number of nitrogens with one attached hydrogen (secondary N) is 1. The average Bonchev–Trinajstić information content (AvgIpc) is 2.77. The van der Waals surface area contributed by atoms with Gasteiger partial charge in [-0.3, -0.25) is 4.99 Å². The zero-order valence-electron chi connectivity index (χ0n) is 8.05. The molecule has 0 bridgehead atoms. The Morgan fingerprint density at radius 3 is 2.62 bits per heavy atom. The van der Waals surface area contributed by atoms with Crippen LogP contribution in [0.5, 0.6) is 0 Å². The number of aliphatic hydroxyl groups is 1. The Bertz CT molecular complexity index is 207. The molecule has 1 saturated carbocycles. The van der Waals surface area contributed by atoms with Crippen LogP contribution in [0.1, 0.15) is 38.5 Å². The van der Waals surface area contributed by atoms with E-state index in [2.05, 4.69) is 10.3 Å². The first kappa shape index (κ1) is 9.00. The van der Waals surface area contributed by atoms with Crippen LogP contribution in [-0.4, -0.2) is 29.6 Å². The van der Waals surface area contributed by atoms with Gasteiger partial charge in [-0.05, 0) is 19.3 Å². The number of hydrogen-bond acceptors (Lipinski definition) is 3. The summed E-state index contributed by atoms with van der Waals surface area (Å²) < 4.78 is 0. The van der Waals surface area contributed by atoms with Gasteiger partial charge in [0.15, 0.2) is 0 Å². The van der Waals surface area contributed by atoms with Crippen LogP contribution in [-0.2, 0) is 0 Å². The molecule has 2 N–H and O–H groups in total. The summed E-state index contributed by atoms with van der Waals surface area (Å²) in [4.78, 5) is 4.39. The number of hydrogen-bond donors (Lipinski definition) is 2. The van der Waals surface area contributed by atoms with Gasteiger partial charge in [0.25, 0.3) is 0 Å². The molecular weight excluding hydrogens is 164 g/mol. The van der Waals surface area contributed by atoms with Crippen LogP contribution in [0, 0.1) is 0 Å². The van der Waals surface area contributed by atoms with Crippen molar-refractivity contribution in [2.75, 3.05) is 13.2 Å². The summed E-state index contributed by atoms with van der Waals surface area (Å²) in [5, 5.41) is 12.8. The number of aliphatic imine (C=N–C) groups is 1. The average molecular weight is 182 g/mol. The highest BCUT2D eigenvalue weighted by atomic mass is 16.3. The number of nitrogens with zero attached hydrogens (tertiary/aromatic N) is 1. The maximum absolute atomic E-state index is 9.36. The zero-order chi connectivity index (χ0) is 9.15. The first-order valence-corrected chi connectivity index (χ1v) is 5.27. The maximum Gasteiger partial charge on any atom is 0.0968 e. The third kappa shape index (κ3) is 1.85. The van der Waals surface area contributed by atoms with Crippen molar-refractivity contribution in [3.05, 3.63) is 0 Å². The summed E-state index contributed by atoms with van der Waals surface area (Å²) in [6, 6.07) is 0. The lowest BCUT2D eigenvalue weighted by molar-refractivity contribution is 0.182. The third-order valence-corrected chi connectivity index (χ3v) is 3.15. The molecule has 1 heterocycles. The van der Waals surface area contributed by atoms with Crippen molar-refractivity contribution >= 4 is 5.84 Å². The molecule has 0 radical (unpaired) electrons. The van der Waals surface area contributed by atoms with Gasteiger partial charge in [0, 0.05) is 13.0 Å². The van der Waals surface area contributed by atoms with Gasteiger partial charge in [-0.15, -0.1) is 0 Å².